The van der Waals surface area contributed by atoms with Gasteiger partial charge < -0.3 is 15.0 Å². The zero-order valence-corrected chi connectivity index (χ0v) is 9.87. The average molecular weight is 247 g/mol. The number of nitrogens with zero attached hydrogens (tertiary/aromatic N) is 4. The number of anilines is 1. The molecule has 0 radical (unpaired) electrons. The number of aromatic nitrogens is 4. The molecule has 0 amide bonds. The molecule has 0 fully saturated rings. The lowest BCUT2D eigenvalue weighted by Crippen LogP contribution is -2.23. The summed E-state index contributed by atoms with van der Waals surface area (Å²) >= 11 is 0. The van der Waals surface area contributed by atoms with Crippen LogP contribution < -0.4 is 5.32 Å². The monoisotopic (exact) mass is 247 g/mol. The summed E-state index contributed by atoms with van der Waals surface area (Å²) in [4.78, 5) is 15.0. The van der Waals surface area contributed by atoms with E-state index in [0.717, 1.165) is 18.5 Å². The van der Waals surface area contributed by atoms with Crippen molar-refractivity contribution in [3.8, 4) is 0 Å². The summed E-state index contributed by atoms with van der Waals surface area (Å²) in [5.74, 6) is -0.406. The van der Waals surface area contributed by atoms with Gasteiger partial charge in [-0.25, -0.2) is 9.78 Å². The minimum absolute atomic E-state index is 0.0632. The van der Waals surface area contributed by atoms with Crippen LogP contribution in [0.4, 0.5) is 5.95 Å². The van der Waals surface area contributed by atoms with E-state index in [4.69, 9.17) is 5.11 Å². The van der Waals surface area contributed by atoms with Gasteiger partial charge in [0.25, 0.3) is 0 Å². The molecule has 1 atom stereocenters. The number of nitrogens with one attached hydrogen (secondary N) is 1. The summed E-state index contributed by atoms with van der Waals surface area (Å²) < 4.78 is 3.61. The minimum Gasteiger partial charge on any atom is -0.476 e. The highest BCUT2D eigenvalue weighted by molar-refractivity contribution is 5.85. The second-order valence-electron chi connectivity index (χ2n) is 4.34. The molecule has 1 aliphatic rings. The predicted molar refractivity (Wildman–Crippen MR) is 63.6 cm³/mol. The molecule has 0 aliphatic carbocycles. The number of carbonyl (C=O) groups is 1. The summed E-state index contributed by atoms with van der Waals surface area (Å²) in [5, 5.41) is 16.2. The fraction of sp³-hybridized carbons (Fsp3) is 0.364. The topological polar surface area (TPSA) is 85.0 Å². The zero-order chi connectivity index (χ0) is 12.7. The third kappa shape index (κ3) is 1.64. The van der Waals surface area contributed by atoms with Gasteiger partial charge in [-0.05, 0) is 6.42 Å². The minimum atomic E-state index is -1.01. The number of hydrogen-bond donors (Lipinski definition) is 2. The van der Waals surface area contributed by atoms with Crippen molar-refractivity contribution in [1.29, 1.82) is 0 Å². The molecule has 0 aromatic carbocycles. The molecule has 94 valence electrons. The van der Waals surface area contributed by atoms with Gasteiger partial charge in [0.15, 0.2) is 5.69 Å². The van der Waals surface area contributed by atoms with Crippen molar-refractivity contribution in [2.75, 3.05) is 11.9 Å². The molecule has 1 unspecified atom stereocenters. The Morgan fingerprint density at radius 3 is 3.06 bits per heavy atom. The molecule has 2 aromatic rings. The molecule has 0 saturated carbocycles. The second-order valence-corrected chi connectivity index (χ2v) is 4.34. The van der Waals surface area contributed by atoms with Crippen molar-refractivity contribution >= 4 is 11.9 Å². The predicted octanol–water partition coefficient (Wildman–Crippen LogP) is 0.720. The van der Waals surface area contributed by atoms with Gasteiger partial charge in [0, 0.05) is 31.5 Å². The summed E-state index contributed by atoms with van der Waals surface area (Å²) in [7, 11) is 1.86. The molecule has 7 nitrogen and oxygen atoms in total. The van der Waals surface area contributed by atoms with E-state index in [2.05, 4.69) is 15.4 Å². The molecule has 7 heteroatoms. The van der Waals surface area contributed by atoms with Gasteiger partial charge in [0.05, 0.1) is 12.2 Å². The van der Waals surface area contributed by atoms with Crippen LogP contribution in [0.5, 0.6) is 0 Å². The number of fused-ring (bicyclic) bond motifs is 1. The third-order valence-electron chi connectivity index (χ3n) is 3.10. The van der Waals surface area contributed by atoms with Crippen molar-refractivity contribution in [1.82, 2.24) is 19.3 Å². The molecule has 0 spiro atoms. The number of imidazole rings is 1. The van der Waals surface area contributed by atoms with E-state index >= 15 is 0 Å². The zero-order valence-electron chi connectivity index (χ0n) is 9.87. The molecular formula is C11H13N5O2. The summed E-state index contributed by atoms with van der Waals surface area (Å²) in [6.45, 7) is 0.773. The maximum absolute atomic E-state index is 10.9. The molecule has 3 rings (SSSR count). The van der Waals surface area contributed by atoms with Crippen molar-refractivity contribution in [2.45, 2.75) is 12.5 Å². The maximum atomic E-state index is 10.9. The van der Waals surface area contributed by atoms with Crippen LogP contribution in [-0.2, 0) is 7.05 Å². The molecule has 2 N–H and O–H groups in total. The van der Waals surface area contributed by atoms with Crippen LogP contribution in [0.1, 0.15) is 28.5 Å². The highest BCUT2D eigenvalue weighted by atomic mass is 16.4. The average Bonchev–Trinajstić information content (AvgIpc) is 2.94. The molecule has 2 aromatic heterocycles. The number of hydrogen-bond acceptors (Lipinski definition) is 4. The Hall–Kier alpha value is -2.31. The van der Waals surface area contributed by atoms with Crippen LogP contribution in [0.2, 0.25) is 0 Å². The third-order valence-corrected chi connectivity index (χ3v) is 3.10. The van der Waals surface area contributed by atoms with Crippen LogP contribution in [0.25, 0.3) is 0 Å². The van der Waals surface area contributed by atoms with E-state index < -0.39 is 5.97 Å². The van der Waals surface area contributed by atoms with Crippen LogP contribution in [0, 0.1) is 0 Å². The van der Waals surface area contributed by atoms with Crippen molar-refractivity contribution in [3.63, 3.8) is 0 Å². The second kappa shape index (κ2) is 3.86. The number of aromatic carboxylic acids is 1. The number of rotatable bonds is 2. The molecule has 0 saturated heterocycles. The van der Waals surface area contributed by atoms with E-state index in [-0.39, 0.29) is 11.7 Å². The maximum Gasteiger partial charge on any atom is 0.356 e. The van der Waals surface area contributed by atoms with Gasteiger partial charge in [0.2, 0.25) is 5.95 Å². The Kier molecular flexibility index (Phi) is 2.32. The quantitative estimate of drug-likeness (QED) is 0.816. The summed E-state index contributed by atoms with van der Waals surface area (Å²) in [6.07, 6.45) is 6.20. The van der Waals surface area contributed by atoms with Crippen LogP contribution in [0.15, 0.2) is 18.6 Å². The van der Waals surface area contributed by atoms with E-state index in [9.17, 15) is 4.79 Å². The van der Waals surface area contributed by atoms with E-state index in [1.807, 2.05) is 17.8 Å². The van der Waals surface area contributed by atoms with E-state index in [1.165, 1.54) is 0 Å². The molecule has 0 bridgehead atoms. The van der Waals surface area contributed by atoms with Crippen LogP contribution in [-0.4, -0.2) is 37.0 Å². The Labute approximate surface area is 103 Å². The first-order valence-electron chi connectivity index (χ1n) is 5.70. The highest BCUT2D eigenvalue weighted by Crippen LogP contribution is 2.29. The smallest absolute Gasteiger partial charge is 0.356 e. The van der Waals surface area contributed by atoms with Crippen LogP contribution >= 0.6 is 0 Å². The summed E-state index contributed by atoms with van der Waals surface area (Å²) in [6, 6.07) is 0.0931. The number of carboxylic acid groups (broad SMARTS) is 1. The van der Waals surface area contributed by atoms with E-state index in [1.54, 1.807) is 17.1 Å². The van der Waals surface area contributed by atoms with Crippen molar-refractivity contribution < 1.29 is 9.90 Å². The van der Waals surface area contributed by atoms with Gasteiger partial charge in [-0.15, -0.1) is 0 Å². The molecule has 18 heavy (non-hydrogen) atoms. The Balaban J connectivity index is 2.03. The highest BCUT2D eigenvalue weighted by Gasteiger charge is 2.25. The first-order chi connectivity index (χ1) is 8.65. The Morgan fingerprint density at radius 2 is 2.39 bits per heavy atom. The van der Waals surface area contributed by atoms with Crippen LogP contribution in [0.3, 0.4) is 0 Å². The number of carboxylic acids is 1. The Morgan fingerprint density at radius 1 is 1.56 bits per heavy atom. The first-order valence-corrected chi connectivity index (χ1v) is 5.70. The van der Waals surface area contributed by atoms with Gasteiger partial charge >= 0.3 is 5.97 Å². The van der Waals surface area contributed by atoms with Gasteiger partial charge in [-0.3, -0.25) is 4.68 Å². The lowest BCUT2D eigenvalue weighted by Gasteiger charge is -2.24. The van der Waals surface area contributed by atoms with Crippen molar-refractivity contribution in [3.05, 3.63) is 29.8 Å². The standard InChI is InChI=1S/C11H13N5O2/c1-15-5-7(4-13-15)9-2-3-12-11-14-8(10(17)18)6-16(9)11/h4-6,9H,2-3H2,1H3,(H,12,14)(H,17,18). The molecule has 1 aliphatic heterocycles. The SMILES string of the molecule is Cn1cc(C2CCNc3nc(C(=O)O)cn32)cn1. The van der Waals surface area contributed by atoms with E-state index in [0.29, 0.717) is 5.95 Å². The summed E-state index contributed by atoms with van der Waals surface area (Å²) in [5.41, 5.74) is 1.13. The fourth-order valence-electron chi connectivity index (χ4n) is 2.26. The van der Waals surface area contributed by atoms with Gasteiger partial charge in [0.1, 0.15) is 0 Å². The molecule has 3 heterocycles. The van der Waals surface area contributed by atoms with Gasteiger partial charge in [-0.2, -0.15) is 5.10 Å². The largest absolute Gasteiger partial charge is 0.476 e. The Bertz CT molecular complexity index is 600. The lowest BCUT2D eigenvalue weighted by atomic mass is 10.1. The first kappa shape index (κ1) is 10.8. The lowest BCUT2D eigenvalue weighted by molar-refractivity contribution is 0.0691. The fourth-order valence-corrected chi connectivity index (χ4v) is 2.26. The van der Waals surface area contributed by atoms with Crippen molar-refractivity contribution in [2.24, 2.45) is 7.05 Å². The van der Waals surface area contributed by atoms with Gasteiger partial charge in [-0.1, -0.05) is 0 Å². The normalized spacial score (nSPS) is 18.2. The number of aryl methyl sites for hydroxylation is 1. The molecular weight excluding hydrogens is 234 g/mol.